The quantitative estimate of drug-likeness (QED) is 0.0222. The van der Waals surface area contributed by atoms with E-state index in [1.807, 2.05) is 0 Å². The van der Waals surface area contributed by atoms with Gasteiger partial charge in [-0.25, -0.2) is 9.13 Å². The smallest absolute Gasteiger partial charge is 0.462 e. The molecule has 0 spiro atoms. The second kappa shape index (κ2) is 64.7. The molecule has 0 fully saturated rings. The molecule has 0 aliphatic rings. The van der Waals surface area contributed by atoms with Crippen LogP contribution in [-0.2, 0) is 65.4 Å². The number of esters is 4. The Balaban J connectivity index is 5.26. The molecule has 0 aromatic heterocycles. The first-order valence-corrected chi connectivity index (χ1v) is 41.4. The Morgan fingerprint density at radius 2 is 0.548 bits per heavy atom. The van der Waals surface area contributed by atoms with Crippen molar-refractivity contribution in [2.75, 3.05) is 39.6 Å². The Bertz CT molecular complexity index is 1820. The minimum atomic E-state index is -4.96. The van der Waals surface area contributed by atoms with Crippen LogP contribution in [0.5, 0.6) is 0 Å². The topological polar surface area (TPSA) is 237 Å². The van der Waals surface area contributed by atoms with Gasteiger partial charge in [-0.3, -0.25) is 37.3 Å². The number of hydrogen-bond donors (Lipinski definition) is 3. The van der Waals surface area contributed by atoms with Crippen molar-refractivity contribution in [3.63, 3.8) is 0 Å². The number of carbonyl (C=O) groups is 4. The fourth-order valence-electron chi connectivity index (χ4n) is 11.2. The Morgan fingerprint density at radius 1 is 0.312 bits per heavy atom. The van der Waals surface area contributed by atoms with Gasteiger partial charge in [-0.15, -0.1) is 0 Å². The lowest BCUT2D eigenvalue weighted by atomic mass is 9.99. The predicted molar refractivity (Wildman–Crippen MR) is 377 cm³/mol. The Morgan fingerprint density at radius 3 is 0.817 bits per heavy atom. The molecular weight excluding hydrogens is 1220 g/mol. The first-order chi connectivity index (χ1) is 44.8. The van der Waals surface area contributed by atoms with Crippen molar-refractivity contribution in [3.8, 4) is 0 Å². The molecule has 0 amide bonds. The van der Waals surface area contributed by atoms with Gasteiger partial charge in [0.05, 0.1) is 26.4 Å². The van der Waals surface area contributed by atoms with Crippen LogP contribution in [0.2, 0.25) is 0 Å². The lowest BCUT2D eigenvalue weighted by Gasteiger charge is -2.21. The maximum atomic E-state index is 13.1. The number of rotatable bonds is 72. The lowest BCUT2D eigenvalue weighted by Crippen LogP contribution is -2.30. The van der Waals surface area contributed by atoms with Crippen LogP contribution in [0.3, 0.4) is 0 Å². The summed E-state index contributed by atoms with van der Waals surface area (Å²) in [5.41, 5.74) is 0. The zero-order valence-corrected chi connectivity index (χ0v) is 62.5. The fourth-order valence-corrected chi connectivity index (χ4v) is 12.8. The number of phosphoric ester groups is 2. The highest BCUT2D eigenvalue weighted by molar-refractivity contribution is 7.47. The van der Waals surface area contributed by atoms with Crippen LogP contribution < -0.4 is 0 Å². The van der Waals surface area contributed by atoms with Crippen LogP contribution in [0.1, 0.15) is 376 Å². The molecule has 552 valence electrons. The summed E-state index contributed by atoms with van der Waals surface area (Å²) in [6.45, 7) is 11.8. The maximum Gasteiger partial charge on any atom is 0.472 e. The van der Waals surface area contributed by atoms with E-state index in [4.69, 9.17) is 37.0 Å². The second-order valence-electron chi connectivity index (χ2n) is 27.6. The summed E-state index contributed by atoms with van der Waals surface area (Å²) >= 11 is 0. The van der Waals surface area contributed by atoms with Crippen molar-refractivity contribution in [1.82, 2.24) is 0 Å². The molecular formula is C74H144O17P2. The number of ether oxygens (including phenoxy) is 4. The molecule has 4 unspecified atom stereocenters. The van der Waals surface area contributed by atoms with Gasteiger partial charge in [-0.05, 0) is 43.4 Å². The van der Waals surface area contributed by atoms with Crippen molar-refractivity contribution in [2.24, 2.45) is 17.8 Å². The third kappa shape index (κ3) is 65.8. The summed E-state index contributed by atoms with van der Waals surface area (Å²) in [4.78, 5) is 72.7. The van der Waals surface area contributed by atoms with E-state index < -0.39 is 97.5 Å². The van der Waals surface area contributed by atoms with Gasteiger partial charge in [0, 0.05) is 25.7 Å². The van der Waals surface area contributed by atoms with Gasteiger partial charge < -0.3 is 33.8 Å². The van der Waals surface area contributed by atoms with Gasteiger partial charge >= 0.3 is 39.5 Å². The first-order valence-electron chi connectivity index (χ1n) is 38.4. The average Bonchev–Trinajstić information content (AvgIpc) is 3.20. The summed E-state index contributed by atoms with van der Waals surface area (Å²) in [5.74, 6) is 0.149. The van der Waals surface area contributed by atoms with Crippen molar-refractivity contribution in [3.05, 3.63) is 0 Å². The zero-order valence-electron chi connectivity index (χ0n) is 60.7. The Hall–Kier alpha value is -1.94. The number of aliphatic hydroxyl groups is 1. The second-order valence-corrected chi connectivity index (χ2v) is 30.6. The largest absolute Gasteiger partial charge is 0.472 e. The first kappa shape index (κ1) is 91.1. The van der Waals surface area contributed by atoms with Crippen LogP contribution in [-0.4, -0.2) is 96.7 Å². The third-order valence-electron chi connectivity index (χ3n) is 17.9. The summed E-state index contributed by atoms with van der Waals surface area (Å²) in [5, 5.41) is 10.6. The highest BCUT2D eigenvalue weighted by Gasteiger charge is 2.30. The van der Waals surface area contributed by atoms with E-state index in [9.17, 15) is 43.2 Å². The molecule has 0 aliphatic carbocycles. The third-order valence-corrected chi connectivity index (χ3v) is 19.8. The van der Waals surface area contributed by atoms with Crippen molar-refractivity contribution in [2.45, 2.75) is 394 Å². The molecule has 7 atom stereocenters. The van der Waals surface area contributed by atoms with E-state index in [0.29, 0.717) is 25.7 Å². The van der Waals surface area contributed by atoms with Crippen LogP contribution in [0.4, 0.5) is 0 Å². The van der Waals surface area contributed by atoms with E-state index in [-0.39, 0.29) is 25.7 Å². The van der Waals surface area contributed by atoms with Gasteiger partial charge in [0.2, 0.25) is 0 Å². The Labute approximate surface area is 568 Å². The number of phosphoric acid groups is 2. The molecule has 19 heteroatoms. The summed E-state index contributed by atoms with van der Waals surface area (Å²) in [6, 6.07) is 0. The molecule has 0 radical (unpaired) electrons. The van der Waals surface area contributed by atoms with Gasteiger partial charge in [-0.1, -0.05) is 325 Å². The van der Waals surface area contributed by atoms with Crippen LogP contribution >= 0.6 is 15.6 Å². The maximum absolute atomic E-state index is 13.1. The number of hydrogen-bond acceptors (Lipinski definition) is 15. The summed E-state index contributed by atoms with van der Waals surface area (Å²) < 4.78 is 68.5. The fraction of sp³-hybridized carbons (Fsp3) is 0.946. The zero-order chi connectivity index (χ0) is 68.7. The predicted octanol–water partition coefficient (Wildman–Crippen LogP) is 21.4. The number of unbranched alkanes of at least 4 members (excludes halogenated alkanes) is 38. The molecule has 0 saturated carbocycles. The monoisotopic (exact) mass is 1370 g/mol. The molecule has 0 aromatic carbocycles. The van der Waals surface area contributed by atoms with E-state index in [0.717, 1.165) is 114 Å². The van der Waals surface area contributed by atoms with Gasteiger partial charge in [-0.2, -0.15) is 0 Å². The molecule has 0 heterocycles. The van der Waals surface area contributed by atoms with E-state index in [2.05, 4.69) is 48.5 Å². The molecule has 0 rings (SSSR count). The standard InChI is InChI=1S/C74H144O17P2/c1-8-11-12-13-14-15-16-17-18-19-20-21-24-28-34-43-50-57-73(78)90-69(61-84-71(76)55-48-41-33-27-25-22-23-26-31-38-45-52-65(4)5)63-88-92(80,81)86-59-68(75)60-87-93(82,83)89-64-70(62-85-72(77)56-49-42-37-36-40-47-54-67(7)10-3)91-74(79)58-51-44-35-30-29-32-39-46-53-66(6)9-2/h65-70,75H,8-64H2,1-7H3,(H,80,81)(H,82,83)/t66?,67?,68-,69-,70-/m1/s1. The van der Waals surface area contributed by atoms with E-state index in [1.165, 1.54) is 180 Å². The van der Waals surface area contributed by atoms with Crippen molar-refractivity contribution >= 4 is 39.5 Å². The van der Waals surface area contributed by atoms with E-state index >= 15 is 0 Å². The lowest BCUT2D eigenvalue weighted by molar-refractivity contribution is -0.161. The number of aliphatic hydroxyl groups excluding tert-OH is 1. The normalized spacial score (nSPS) is 14.7. The summed E-state index contributed by atoms with van der Waals surface area (Å²) in [7, 11) is -9.91. The van der Waals surface area contributed by atoms with Crippen molar-refractivity contribution < 1.29 is 80.2 Å². The van der Waals surface area contributed by atoms with E-state index in [1.54, 1.807) is 0 Å². The van der Waals surface area contributed by atoms with Crippen molar-refractivity contribution in [1.29, 1.82) is 0 Å². The highest BCUT2D eigenvalue weighted by Crippen LogP contribution is 2.45. The molecule has 0 aromatic rings. The number of carbonyl (C=O) groups excluding carboxylic acids is 4. The van der Waals surface area contributed by atoms with Gasteiger partial charge in [0.1, 0.15) is 19.3 Å². The minimum Gasteiger partial charge on any atom is -0.462 e. The van der Waals surface area contributed by atoms with Gasteiger partial charge in [0.15, 0.2) is 12.2 Å². The SMILES string of the molecule is CCCCCCCCCCCCCCCCCCCC(=O)O[C@H](COC(=O)CCCCCCCCCCCCCC(C)C)COP(=O)(O)OC[C@@H](O)COP(=O)(O)OC[C@@H](COC(=O)CCCCCCCCC(C)CC)OC(=O)CCCCCCCCCCC(C)CC. The molecule has 0 bridgehead atoms. The average molecular weight is 1370 g/mol. The molecule has 0 aliphatic heterocycles. The highest BCUT2D eigenvalue weighted by atomic mass is 31.2. The van der Waals surface area contributed by atoms with Crippen LogP contribution in [0.15, 0.2) is 0 Å². The molecule has 3 N–H and O–H groups in total. The van der Waals surface area contributed by atoms with Crippen LogP contribution in [0.25, 0.3) is 0 Å². The Kier molecular flexibility index (Phi) is 63.4. The molecule has 17 nitrogen and oxygen atoms in total. The summed E-state index contributed by atoms with van der Waals surface area (Å²) in [6.07, 6.45) is 49.9. The minimum absolute atomic E-state index is 0.104. The van der Waals surface area contributed by atoms with Crippen LogP contribution in [0, 0.1) is 17.8 Å². The van der Waals surface area contributed by atoms with Gasteiger partial charge in [0.25, 0.3) is 0 Å². The molecule has 0 saturated heterocycles. The molecule has 93 heavy (non-hydrogen) atoms.